The molecule has 0 saturated heterocycles. The molecular weight excluding hydrogens is 454 g/mol. The van der Waals surface area contributed by atoms with E-state index in [9.17, 15) is 14.4 Å². The lowest BCUT2D eigenvalue weighted by Gasteiger charge is -2.15. The molecule has 176 valence electrons. The van der Waals surface area contributed by atoms with Gasteiger partial charge in [0, 0.05) is 17.8 Å². The average molecular weight is 480 g/mol. The molecule has 0 unspecified atom stereocenters. The van der Waals surface area contributed by atoms with Gasteiger partial charge in [-0.05, 0) is 50.2 Å². The molecule has 0 bridgehead atoms. The number of anilines is 1. The number of nitrogens with zero attached hydrogens (tertiary/aromatic N) is 3. The van der Waals surface area contributed by atoms with E-state index in [0.717, 1.165) is 5.56 Å². The fourth-order valence-electron chi connectivity index (χ4n) is 3.10. The summed E-state index contributed by atoms with van der Waals surface area (Å²) in [6.45, 7) is 7.95. The summed E-state index contributed by atoms with van der Waals surface area (Å²) >= 11 is 1.20. The van der Waals surface area contributed by atoms with Crippen molar-refractivity contribution in [2.24, 2.45) is 0 Å². The van der Waals surface area contributed by atoms with Gasteiger partial charge in [-0.3, -0.25) is 9.59 Å². The molecule has 0 radical (unpaired) electrons. The lowest BCUT2D eigenvalue weighted by atomic mass is 10.1. The molecule has 2 aromatic carbocycles. The maximum absolute atomic E-state index is 12.6. The molecule has 0 saturated carbocycles. The van der Waals surface area contributed by atoms with Crippen LogP contribution in [0.3, 0.4) is 0 Å². The number of nitrogens with one attached hydrogen (secondary N) is 2. The van der Waals surface area contributed by atoms with Crippen LogP contribution in [0.5, 0.6) is 0 Å². The lowest BCUT2D eigenvalue weighted by Crippen LogP contribution is -2.28. The van der Waals surface area contributed by atoms with Gasteiger partial charge in [-0.2, -0.15) is 0 Å². The predicted octanol–water partition coefficient (Wildman–Crippen LogP) is 3.69. The zero-order valence-corrected chi connectivity index (χ0v) is 19.6. The van der Waals surface area contributed by atoms with Crippen LogP contribution in [0.25, 0.3) is 0 Å². The summed E-state index contributed by atoms with van der Waals surface area (Å²) in [6, 6.07) is 12.8. The van der Waals surface area contributed by atoms with Crippen molar-refractivity contribution in [3.05, 3.63) is 83.7 Å². The third-order valence-electron chi connectivity index (χ3n) is 4.85. The number of hydrogen-bond acceptors (Lipinski definition) is 6. The average Bonchev–Trinajstić information content (AvgIpc) is 3.21. The summed E-state index contributed by atoms with van der Waals surface area (Å²) in [5.41, 5.74) is 2.26. The van der Waals surface area contributed by atoms with Gasteiger partial charge in [0.1, 0.15) is 0 Å². The molecule has 3 N–H and O–H groups in total. The number of allylic oxidation sites excluding steroid dienone is 1. The van der Waals surface area contributed by atoms with Gasteiger partial charge in [-0.15, -0.1) is 16.8 Å². The van der Waals surface area contributed by atoms with E-state index in [1.807, 2.05) is 26.0 Å². The van der Waals surface area contributed by atoms with Crippen molar-refractivity contribution >= 4 is 35.2 Å². The number of amides is 2. The van der Waals surface area contributed by atoms with E-state index in [-0.39, 0.29) is 23.1 Å². The zero-order valence-electron chi connectivity index (χ0n) is 18.8. The van der Waals surface area contributed by atoms with Crippen LogP contribution in [-0.4, -0.2) is 43.4 Å². The van der Waals surface area contributed by atoms with Crippen LogP contribution in [0, 0.1) is 6.92 Å². The number of aromatic nitrogens is 3. The first-order valence-electron chi connectivity index (χ1n) is 10.5. The maximum atomic E-state index is 12.6. The topological polar surface area (TPSA) is 126 Å². The van der Waals surface area contributed by atoms with Crippen LogP contribution in [0.2, 0.25) is 0 Å². The number of carboxylic acids is 1. The highest BCUT2D eigenvalue weighted by atomic mass is 32.2. The van der Waals surface area contributed by atoms with Crippen molar-refractivity contribution in [1.29, 1.82) is 0 Å². The number of rotatable bonds is 10. The Balaban J connectivity index is 1.63. The molecule has 34 heavy (non-hydrogen) atoms. The van der Waals surface area contributed by atoms with Gasteiger partial charge in [0.15, 0.2) is 11.0 Å². The molecule has 0 aliphatic heterocycles. The molecule has 9 nitrogen and oxygen atoms in total. The molecule has 3 rings (SSSR count). The lowest BCUT2D eigenvalue weighted by molar-refractivity contribution is -0.113. The van der Waals surface area contributed by atoms with Gasteiger partial charge in [-0.25, -0.2) is 4.79 Å². The Labute approximate surface area is 201 Å². The maximum Gasteiger partial charge on any atom is 0.335 e. The fourth-order valence-corrected chi connectivity index (χ4v) is 3.86. The minimum atomic E-state index is -1.03. The van der Waals surface area contributed by atoms with E-state index < -0.39 is 12.0 Å². The summed E-state index contributed by atoms with van der Waals surface area (Å²) in [5.74, 6) is -0.908. The predicted molar refractivity (Wildman–Crippen MR) is 130 cm³/mol. The molecule has 0 spiro atoms. The van der Waals surface area contributed by atoms with Crippen LogP contribution in [0.4, 0.5) is 5.69 Å². The summed E-state index contributed by atoms with van der Waals surface area (Å²) < 4.78 is 1.80. The Hall–Kier alpha value is -3.92. The largest absolute Gasteiger partial charge is 0.478 e. The Bertz CT molecular complexity index is 1190. The first kappa shape index (κ1) is 24.7. The van der Waals surface area contributed by atoms with E-state index >= 15 is 0 Å². The normalized spacial score (nSPS) is 11.5. The Morgan fingerprint density at radius 3 is 2.35 bits per heavy atom. The van der Waals surface area contributed by atoms with E-state index in [2.05, 4.69) is 27.4 Å². The minimum absolute atomic E-state index is 0.0695. The molecule has 1 atom stereocenters. The number of hydrogen-bond donors (Lipinski definition) is 3. The van der Waals surface area contributed by atoms with Gasteiger partial charge < -0.3 is 20.3 Å². The van der Waals surface area contributed by atoms with Crippen molar-refractivity contribution < 1.29 is 19.5 Å². The quantitative estimate of drug-likeness (QED) is 0.299. The summed E-state index contributed by atoms with van der Waals surface area (Å²) in [6.07, 6.45) is 1.69. The second-order valence-corrected chi connectivity index (χ2v) is 8.46. The van der Waals surface area contributed by atoms with Gasteiger partial charge in [0.05, 0.1) is 17.4 Å². The van der Waals surface area contributed by atoms with E-state index in [4.69, 9.17) is 5.11 Å². The van der Waals surface area contributed by atoms with Gasteiger partial charge in [0.2, 0.25) is 5.91 Å². The monoisotopic (exact) mass is 479 g/mol. The summed E-state index contributed by atoms with van der Waals surface area (Å²) in [5, 5.41) is 23.5. The number of carboxylic acid groups (broad SMARTS) is 1. The van der Waals surface area contributed by atoms with Gasteiger partial charge in [0.25, 0.3) is 5.91 Å². The second-order valence-electron chi connectivity index (χ2n) is 7.52. The van der Waals surface area contributed by atoms with Crippen molar-refractivity contribution in [2.45, 2.75) is 31.6 Å². The van der Waals surface area contributed by atoms with Gasteiger partial charge in [-0.1, -0.05) is 35.5 Å². The van der Waals surface area contributed by atoms with Gasteiger partial charge >= 0.3 is 5.97 Å². The molecular formula is C24H25N5O4S. The van der Waals surface area contributed by atoms with Crippen molar-refractivity contribution in [1.82, 2.24) is 20.1 Å². The minimum Gasteiger partial charge on any atom is -0.478 e. The number of aromatic carboxylic acids is 1. The number of carbonyl (C=O) groups excluding carboxylic acids is 2. The van der Waals surface area contributed by atoms with Crippen molar-refractivity contribution in [2.75, 3.05) is 11.1 Å². The second kappa shape index (κ2) is 11.3. The molecule has 3 aromatic rings. The SMILES string of the molecule is C=CCn1c(SCC(=O)Nc2ccc(C(=O)O)cc2)nnc1[C@@H](C)NC(=O)c1ccc(C)cc1. The van der Waals surface area contributed by atoms with E-state index in [1.54, 1.807) is 22.8 Å². The molecule has 10 heteroatoms. The van der Waals surface area contributed by atoms with Crippen LogP contribution < -0.4 is 10.6 Å². The standard InChI is InChI=1S/C24H25N5O4S/c1-4-13-29-21(16(3)25-22(31)17-7-5-15(2)6-8-17)27-28-24(29)34-14-20(30)26-19-11-9-18(10-12-19)23(32)33/h4-12,16H,1,13-14H2,2-3H3,(H,25,31)(H,26,30)(H,32,33)/t16-/m1/s1. The number of thioether (sulfide) groups is 1. The summed E-state index contributed by atoms with van der Waals surface area (Å²) in [7, 11) is 0. The number of carbonyl (C=O) groups is 3. The summed E-state index contributed by atoms with van der Waals surface area (Å²) in [4.78, 5) is 35.9. The molecule has 2 amide bonds. The Morgan fingerprint density at radius 2 is 1.74 bits per heavy atom. The Morgan fingerprint density at radius 1 is 1.09 bits per heavy atom. The first-order valence-corrected chi connectivity index (χ1v) is 11.4. The number of aryl methyl sites for hydroxylation is 1. The van der Waals surface area contributed by atoms with Crippen LogP contribution in [0.1, 0.15) is 45.1 Å². The molecule has 0 aliphatic rings. The molecule has 0 aliphatic carbocycles. The van der Waals surface area contributed by atoms with Crippen LogP contribution in [0.15, 0.2) is 66.3 Å². The third-order valence-corrected chi connectivity index (χ3v) is 5.82. The first-order chi connectivity index (χ1) is 16.3. The third kappa shape index (κ3) is 6.32. The van der Waals surface area contributed by atoms with Crippen LogP contribution >= 0.6 is 11.8 Å². The molecule has 1 aromatic heterocycles. The van der Waals surface area contributed by atoms with Crippen LogP contribution in [-0.2, 0) is 11.3 Å². The molecule has 1 heterocycles. The fraction of sp³-hybridized carbons (Fsp3) is 0.208. The van der Waals surface area contributed by atoms with E-state index in [0.29, 0.717) is 28.8 Å². The highest BCUT2D eigenvalue weighted by Gasteiger charge is 2.20. The van der Waals surface area contributed by atoms with Crippen molar-refractivity contribution in [3.63, 3.8) is 0 Å². The highest BCUT2D eigenvalue weighted by molar-refractivity contribution is 7.99. The highest BCUT2D eigenvalue weighted by Crippen LogP contribution is 2.21. The Kier molecular flexibility index (Phi) is 8.20. The van der Waals surface area contributed by atoms with Crippen molar-refractivity contribution in [3.8, 4) is 0 Å². The zero-order chi connectivity index (χ0) is 24.7. The number of benzene rings is 2. The molecule has 0 fully saturated rings. The van der Waals surface area contributed by atoms with E-state index in [1.165, 1.54) is 36.0 Å². The smallest absolute Gasteiger partial charge is 0.335 e.